The monoisotopic (exact) mass is 437 g/mol. The molecule has 3 amide bonds. The Morgan fingerprint density at radius 2 is 1.81 bits per heavy atom. The van der Waals surface area contributed by atoms with Gasteiger partial charge in [0.1, 0.15) is 17.9 Å². The second-order valence-electron chi connectivity index (χ2n) is 8.47. The van der Waals surface area contributed by atoms with Crippen LogP contribution in [0.4, 0.5) is 10.6 Å². The van der Waals surface area contributed by atoms with Gasteiger partial charge >= 0.3 is 6.03 Å². The molecule has 2 heterocycles. The highest BCUT2D eigenvalue weighted by Crippen LogP contribution is 2.26. The van der Waals surface area contributed by atoms with Crippen molar-refractivity contribution in [2.45, 2.75) is 38.5 Å². The van der Waals surface area contributed by atoms with Gasteiger partial charge in [-0.1, -0.05) is 38.2 Å². The van der Waals surface area contributed by atoms with Crippen LogP contribution in [0.15, 0.2) is 42.9 Å². The van der Waals surface area contributed by atoms with Crippen molar-refractivity contribution in [2.24, 2.45) is 5.92 Å². The van der Waals surface area contributed by atoms with Gasteiger partial charge in [0.05, 0.1) is 6.61 Å². The fourth-order valence-corrected chi connectivity index (χ4v) is 4.39. The summed E-state index contributed by atoms with van der Waals surface area (Å²) in [5.74, 6) is 1.95. The van der Waals surface area contributed by atoms with Gasteiger partial charge in [0.25, 0.3) is 5.91 Å². The molecular weight excluding hydrogens is 406 g/mol. The standard InChI is InChI=1S/C24H31N5O3/c30-23(20-7-4-8-21(17-20)32-16-10-19-5-2-1-3-6-19)28-12-14-29(15-13-28)24(31)27-22-9-11-25-18-26-22/h4,7-9,11,17-19H,1-3,5-6,10,12-16H2,(H,25,26,27,31). The van der Waals surface area contributed by atoms with E-state index in [-0.39, 0.29) is 11.9 Å². The van der Waals surface area contributed by atoms with Crippen molar-refractivity contribution in [1.82, 2.24) is 19.8 Å². The molecule has 1 saturated heterocycles. The molecule has 4 rings (SSSR count). The van der Waals surface area contributed by atoms with Gasteiger partial charge in [-0.15, -0.1) is 0 Å². The third-order valence-corrected chi connectivity index (χ3v) is 6.27. The van der Waals surface area contributed by atoms with Gasteiger partial charge in [-0.25, -0.2) is 14.8 Å². The highest BCUT2D eigenvalue weighted by molar-refractivity contribution is 5.95. The highest BCUT2D eigenvalue weighted by atomic mass is 16.5. The summed E-state index contributed by atoms with van der Waals surface area (Å²) >= 11 is 0. The van der Waals surface area contributed by atoms with Crippen molar-refractivity contribution in [3.63, 3.8) is 0 Å². The molecule has 0 radical (unpaired) electrons. The van der Waals surface area contributed by atoms with Crippen LogP contribution in [0.1, 0.15) is 48.9 Å². The van der Waals surface area contributed by atoms with E-state index in [4.69, 9.17) is 4.74 Å². The normalized spacial score (nSPS) is 17.1. The molecule has 1 saturated carbocycles. The number of amides is 3. The Bertz CT molecular complexity index is 894. The molecule has 8 nitrogen and oxygen atoms in total. The summed E-state index contributed by atoms with van der Waals surface area (Å²) in [6.45, 7) is 2.62. The smallest absolute Gasteiger partial charge is 0.323 e. The molecule has 1 aliphatic heterocycles. The maximum atomic E-state index is 13.0. The largest absolute Gasteiger partial charge is 0.494 e. The molecule has 2 aromatic rings. The predicted molar refractivity (Wildman–Crippen MR) is 122 cm³/mol. The second-order valence-corrected chi connectivity index (χ2v) is 8.47. The van der Waals surface area contributed by atoms with E-state index in [1.165, 1.54) is 38.4 Å². The van der Waals surface area contributed by atoms with E-state index in [2.05, 4.69) is 15.3 Å². The first kappa shape index (κ1) is 22.0. The number of piperazine rings is 1. The van der Waals surface area contributed by atoms with Gasteiger partial charge in [0.15, 0.2) is 0 Å². The Kier molecular flexibility index (Phi) is 7.53. The van der Waals surface area contributed by atoms with Gasteiger partial charge < -0.3 is 14.5 Å². The number of nitrogens with zero attached hydrogens (tertiary/aromatic N) is 4. The van der Waals surface area contributed by atoms with Crippen LogP contribution in [0.2, 0.25) is 0 Å². The van der Waals surface area contributed by atoms with Gasteiger partial charge in [-0.2, -0.15) is 0 Å². The maximum Gasteiger partial charge on any atom is 0.323 e. The van der Waals surface area contributed by atoms with Crippen LogP contribution in [-0.4, -0.2) is 64.5 Å². The molecule has 0 unspecified atom stereocenters. The van der Waals surface area contributed by atoms with Gasteiger partial charge in [-0.3, -0.25) is 10.1 Å². The molecule has 1 aliphatic carbocycles. The summed E-state index contributed by atoms with van der Waals surface area (Å²) in [6, 6.07) is 8.86. The minimum absolute atomic E-state index is 0.0291. The summed E-state index contributed by atoms with van der Waals surface area (Å²) in [5, 5.41) is 2.75. The van der Waals surface area contributed by atoms with E-state index >= 15 is 0 Å². The fraction of sp³-hybridized carbons (Fsp3) is 0.500. The number of ether oxygens (including phenoxy) is 1. The number of urea groups is 1. The van der Waals surface area contributed by atoms with Gasteiger partial charge in [0, 0.05) is 37.9 Å². The van der Waals surface area contributed by atoms with Gasteiger partial charge in [-0.05, 0) is 36.6 Å². The molecule has 0 atom stereocenters. The number of hydrogen-bond acceptors (Lipinski definition) is 5. The molecule has 2 fully saturated rings. The summed E-state index contributed by atoms with van der Waals surface area (Å²) in [6.07, 6.45) is 10.7. The Morgan fingerprint density at radius 3 is 2.56 bits per heavy atom. The molecule has 1 N–H and O–H groups in total. The zero-order chi connectivity index (χ0) is 22.2. The lowest BCUT2D eigenvalue weighted by molar-refractivity contribution is 0.0671. The number of rotatable bonds is 6. The summed E-state index contributed by atoms with van der Waals surface area (Å²) in [7, 11) is 0. The minimum atomic E-state index is -0.218. The molecule has 32 heavy (non-hydrogen) atoms. The lowest BCUT2D eigenvalue weighted by atomic mass is 9.87. The Hall–Kier alpha value is -3.16. The molecule has 1 aromatic heterocycles. The number of carbonyl (C=O) groups excluding carboxylic acids is 2. The van der Waals surface area contributed by atoms with Gasteiger partial charge in [0.2, 0.25) is 0 Å². The van der Waals surface area contributed by atoms with Crippen molar-refractivity contribution in [2.75, 3.05) is 38.1 Å². The van der Waals surface area contributed by atoms with E-state index in [0.29, 0.717) is 44.2 Å². The summed E-state index contributed by atoms with van der Waals surface area (Å²) < 4.78 is 5.95. The average molecular weight is 438 g/mol. The first-order chi connectivity index (χ1) is 15.7. The first-order valence-corrected chi connectivity index (χ1v) is 11.5. The fourth-order valence-electron chi connectivity index (χ4n) is 4.39. The maximum absolute atomic E-state index is 13.0. The predicted octanol–water partition coefficient (Wildman–Crippen LogP) is 3.82. The van der Waals surface area contributed by atoms with Crippen LogP contribution in [0.25, 0.3) is 0 Å². The lowest BCUT2D eigenvalue weighted by Crippen LogP contribution is -2.51. The van der Waals surface area contributed by atoms with Crippen molar-refractivity contribution in [1.29, 1.82) is 0 Å². The van der Waals surface area contributed by atoms with E-state index in [9.17, 15) is 9.59 Å². The highest BCUT2D eigenvalue weighted by Gasteiger charge is 2.25. The molecule has 2 aliphatic rings. The van der Waals surface area contributed by atoms with E-state index in [0.717, 1.165) is 18.1 Å². The van der Waals surface area contributed by atoms with Crippen LogP contribution in [0.5, 0.6) is 5.75 Å². The summed E-state index contributed by atoms with van der Waals surface area (Å²) in [5.41, 5.74) is 0.624. The van der Waals surface area contributed by atoms with E-state index in [1.54, 1.807) is 22.1 Å². The second kappa shape index (κ2) is 10.9. The average Bonchev–Trinajstić information content (AvgIpc) is 2.85. The van der Waals surface area contributed by atoms with E-state index in [1.807, 2.05) is 24.3 Å². The molecule has 0 spiro atoms. The van der Waals surface area contributed by atoms with Crippen LogP contribution in [-0.2, 0) is 0 Å². The molecule has 8 heteroatoms. The van der Waals surface area contributed by atoms with Crippen LogP contribution < -0.4 is 10.1 Å². The summed E-state index contributed by atoms with van der Waals surface area (Å²) in [4.78, 5) is 36.7. The van der Waals surface area contributed by atoms with Crippen LogP contribution in [0.3, 0.4) is 0 Å². The van der Waals surface area contributed by atoms with Crippen molar-refractivity contribution in [3.8, 4) is 5.75 Å². The number of anilines is 1. The third-order valence-electron chi connectivity index (χ3n) is 6.27. The SMILES string of the molecule is O=C(Nc1ccncn1)N1CCN(C(=O)c2cccc(OCCC3CCCCC3)c2)CC1. The number of carbonyl (C=O) groups is 2. The van der Waals surface area contributed by atoms with Crippen molar-refractivity contribution >= 4 is 17.8 Å². The molecule has 170 valence electrons. The van der Waals surface area contributed by atoms with Crippen LogP contribution in [0, 0.1) is 5.92 Å². The zero-order valence-electron chi connectivity index (χ0n) is 18.4. The van der Waals surface area contributed by atoms with Crippen molar-refractivity contribution in [3.05, 3.63) is 48.4 Å². The number of hydrogen-bond donors (Lipinski definition) is 1. The topological polar surface area (TPSA) is 87.7 Å². The van der Waals surface area contributed by atoms with Crippen molar-refractivity contribution < 1.29 is 14.3 Å². The first-order valence-electron chi connectivity index (χ1n) is 11.5. The number of nitrogens with one attached hydrogen (secondary N) is 1. The lowest BCUT2D eigenvalue weighted by Gasteiger charge is -2.34. The quantitative estimate of drug-likeness (QED) is 0.742. The number of benzene rings is 1. The molecule has 1 aromatic carbocycles. The number of aromatic nitrogens is 2. The minimum Gasteiger partial charge on any atom is -0.494 e. The molecule has 0 bridgehead atoms. The third kappa shape index (κ3) is 5.96. The Morgan fingerprint density at radius 1 is 1.03 bits per heavy atom. The Labute approximate surface area is 189 Å². The zero-order valence-corrected chi connectivity index (χ0v) is 18.4. The Balaban J connectivity index is 1.24. The molecular formula is C24H31N5O3. The van der Waals surface area contributed by atoms with Crippen LogP contribution >= 0.6 is 0 Å². The van der Waals surface area contributed by atoms with E-state index < -0.39 is 0 Å².